The summed E-state index contributed by atoms with van der Waals surface area (Å²) in [7, 11) is 0. The van der Waals surface area contributed by atoms with Crippen LogP contribution in [0.5, 0.6) is 0 Å². The normalized spacial score (nSPS) is 26.7. The average Bonchev–Trinajstić information content (AvgIpc) is 2.31. The summed E-state index contributed by atoms with van der Waals surface area (Å²) in [6.07, 6.45) is 4.33. The summed E-state index contributed by atoms with van der Waals surface area (Å²) in [5.74, 6) is 0.950. The minimum atomic E-state index is 0.776. The Morgan fingerprint density at radius 3 is 2.71 bits per heavy atom. The summed E-state index contributed by atoms with van der Waals surface area (Å²) >= 11 is 0. The van der Waals surface area contributed by atoms with Crippen molar-refractivity contribution >= 4 is 0 Å². The molecule has 2 heteroatoms. The second-order valence-corrected chi connectivity index (χ2v) is 5.42. The van der Waals surface area contributed by atoms with E-state index in [0.717, 1.165) is 25.0 Å². The van der Waals surface area contributed by atoms with Gasteiger partial charge in [-0.15, -0.1) is 0 Å². The van der Waals surface area contributed by atoms with Crippen molar-refractivity contribution in [2.24, 2.45) is 5.92 Å². The minimum absolute atomic E-state index is 0.776. The Balaban J connectivity index is 1.66. The van der Waals surface area contributed by atoms with Gasteiger partial charge in [-0.3, -0.25) is 4.90 Å². The van der Waals surface area contributed by atoms with E-state index in [1.165, 1.54) is 37.9 Å². The summed E-state index contributed by atoms with van der Waals surface area (Å²) in [6, 6.07) is 11.7. The monoisotopic (exact) mass is 230 g/mol. The van der Waals surface area contributed by atoms with Gasteiger partial charge < -0.3 is 5.32 Å². The molecular formula is C15H22N2. The standard InChI is InChI=1S/C15H22N2/c1-2-5-13(6-3-1)12-17-10-9-16-11-15(17)14-7-4-8-14/h1-3,5-6,14-16H,4,7-12H2/t15-/m0/s1. The number of nitrogens with one attached hydrogen (secondary N) is 1. The highest BCUT2D eigenvalue weighted by molar-refractivity contribution is 5.15. The molecule has 2 aliphatic rings. The molecule has 0 unspecified atom stereocenters. The molecule has 2 nitrogen and oxygen atoms in total. The van der Waals surface area contributed by atoms with Gasteiger partial charge in [0, 0.05) is 32.2 Å². The summed E-state index contributed by atoms with van der Waals surface area (Å²) in [5, 5.41) is 3.56. The summed E-state index contributed by atoms with van der Waals surface area (Å²) in [6.45, 7) is 4.67. The molecule has 3 rings (SSSR count). The molecule has 2 fully saturated rings. The quantitative estimate of drug-likeness (QED) is 0.857. The first-order valence-electron chi connectivity index (χ1n) is 6.92. The number of nitrogens with zero attached hydrogens (tertiary/aromatic N) is 1. The van der Waals surface area contributed by atoms with Crippen LogP contribution in [-0.4, -0.2) is 30.6 Å². The molecule has 0 spiro atoms. The molecule has 1 saturated heterocycles. The van der Waals surface area contributed by atoms with E-state index >= 15 is 0 Å². The van der Waals surface area contributed by atoms with Crippen molar-refractivity contribution < 1.29 is 0 Å². The SMILES string of the molecule is c1ccc(CN2CCNC[C@H]2C2CCC2)cc1. The van der Waals surface area contributed by atoms with Crippen LogP contribution in [0.1, 0.15) is 24.8 Å². The number of hydrogen-bond acceptors (Lipinski definition) is 2. The zero-order chi connectivity index (χ0) is 11.5. The fourth-order valence-corrected chi connectivity index (χ4v) is 3.07. The molecule has 0 radical (unpaired) electrons. The highest BCUT2D eigenvalue weighted by Gasteiger charge is 2.33. The van der Waals surface area contributed by atoms with Crippen molar-refractivity contribution in [3.8, 4) is 0 Å². The lowest BCUT2D eigenvalue weighted by Gasteiger charge is -2.44. The van der Waals surface area contributed by atoms with Crippen LogP contribution < -0.4 is 5.32 Å². The van der Waals surface area contributed by atoms with Crippen molar-refractivity contribution in [3.63, 3.8) is 0 Å². The van der Waals surface area contributed by atoms with Gasteiger partial charge in [0.05, 0.1) is 0 Å². The number of piperazine rings is 1. The van der Waals surface area contributed by atoms with Gasteiger partial charge in [0.2, 0.25) is 0 Å². The van der Waals surface area contributed by atoms with Crippen molar-refractivity contribution in [1.29, 1.82) is 0 Å². The van der Waals surface area contributed by atoms with E-state index in [1.54, 1.807) is 0 Å². The second kappa shape index (κ2) is 5.19. The third-order valence-electron chi connectivity index (χ3n) is 4.32. The van der Waals surface area contributed by atoms with Gasteiger partial charge in [0.15, 0.2) is 0 Å². The predicted octanol–water partition coefficient (Wildman–Crippen LogP) is 2.26. The Bertz CT molecular complexity index is 345. The lowest BCUT2D eigenvalue weighted by molar-refractivity contribution is 0.0678. The van der Waals surface area contributed by atoms with Gasteiger partial charge in [0.1, 0.15) is 0 Å². The molecule has 1 saturated carbocycles. The summed E-state index contributed by atoms with van der Waals surface area (Å²) < 4.78 is 0. The highest BCUT2D eigenvalue weighted by Crippen LogP contribution is 2.33. The Morgan fingerprint density at radius 2 is 2.00 bits per heavy atom. The predicted molar refractivity (Wildman–Crippen MR) is 70.9 cm³/mol. The van der Waals surface area contributed by atoms with E-state index in [9.17, 15) is 0 Å². The van der Waals surface area contributed by atoms with Gasteiger partial charge in [-0.1, -0.05) is 36.8 Å². The molecule has 17 heavy (non-hydrogen) atoms. The fraction of sp³-hybridized carbons (Fsp3) is 0.600. The van der Waals surface area contributed by atoms with Gasteiger partial charge >= 0.3 is 0 Å². The van der Waals surface area contributed by atoms with Crippen molar-refractivity contribution in [1.82, 2.24) is 10.2 Å². The Hall–Kier alpha value is -0.860. The van der Waals surface area contributed by atoms with Crippen molar-refractivity contribution in [3.05, 3.63) is 35.9 Å². The molecule has 0 bridgehead atoms. The van der Waals surface area contributed by atoms with Crippen LogP contribution in [0.25, 0.3) is 0 Å². The molecule has 1 aromatic carbocycles. The third kappa shape index (κ3) is 2.53. The molecule has 92 valence electrons. The van der Waals surface area contributed by atoms with Crippen LogP contribution >= 0.6 is 0 Å². The number of benzene rings is 1. The molecule has 1 aliphatic heterocycles. The van der Waals surface area contributed by atoms with Crippen LogP contribution in [0.2, 0.25) is 0 Å². The highest BCUT2D eigenvalue weighted by atomic mass is 15.2. The van der Waals surface area contributed by atoms with Crippen molar-refractivity contribution in [2.75, 3.05) is 19.6 Å². The van der Waals surface area contributed by atoms with E-state index in [0.29, 0.717) is 0 Å². The van der Waals surface area contributed by atoms with Crippen molar-refractivity contribution in [2.45, 2.75) is 31.8 Å². The fourth-order valence-electron chi connectivity index (χ4n) is 3.07. The Morgan fingerprint density at radius 1 is 1.18 bits per heavy atom. The zero-order valence-electron chi connectivity index (χ0n) is 10.4. The Labute approximate surface area is 104 Å². The van der Waals surface area contributed by atoms with Crippen LogP contribution in [0.3, 0.4) is 0 Å². The first-order valence-corrected chi connectivity index (χ1v) is 6.92. The largest absolute Gasteiger partial charge is 0.314 e. The van der Waals surface area contributed by atoms with Crippen LogP contribution in [0.4, 0.5) is 0 Å². The van der Waals surface area contributed by atoms with E-state index in [4.69, 9.17) is 0 Å². The topological polar surface area (TPSA) is 15.3 Å². The maximum atomic E-state index is 3.56. The summed E-state index contributed by atoms with van der Waals surface area (Å²) in [5.41, 5.74) is 1.46. The smallest absolute Gasteiger partial charge is 0.0252 e. The van der Waals surface area contributed by atoms with Gasteiger partial charge in [-0.2, -0.15) is 0 Å². The summed E-state index contributed by atoms with van der Waals surface area (Å²) in [4.78, 5) is 2.69. The van der Waals surface area contributed by atoms with E-state index in [1.807, 2.05) is 0 Å². The molecule has 1 atom stereocenters. The lowest BCUT2D eigenvalue weighted by Crippen LogP contribution is -2.55. The van der Waals surface area contributed by atoms with E-state index in [-0.39, 0.29) is 0 Å². The first-order chi connectivity index (χ1) is 8.43. The third-order valence-corrected chi connectivity index (χ3v) is 4.32. The van der Waals surface area contributed by atoms with E-state index < -0.39 is 0 Å². The van der Waals surface area contributed by atoms with Gasteiger partial charge in [-0.25, -0.2) is 0 Å². The Kier molecular flexibility index (Phi) is 3.44. The molecule has 1 aromatic rings. The number of rotatable bonds is 3. The molecule has 1 N–H and O–H groups in total. The van der Waals surface area contributed by atoms with Gasteiger partial charge in [-0.05, 0) is 24.3 Å². The molecule has 0 aromatic heterocycles. The average molecular weight is 230 g/mol. The molecular weight excluding hydrogens is 208 g/mol. The number of hydrogen-bond donors (Lipinski definition) is 1. The maximum absolute atomic E-state index is 3.56. The van der Waals surface area contributed by atoms with E-state index in [2.05, 4.69) is 40.5 Å². The molecule has 0 amide bonds. The van der Waals surface area contributed by atoms with Gasteiger partial charge in [0.25, 0.3) is 0 Å². The minimum Gasteiger partial charge on any atom is -0.314 e. The maximum Gasteiger partial charge on any atom is 0.0252 e. The lowest BCUT2D eigenvalue weighted by atomic mass is 9.78. The zero-order valence-corrected chi connectivity index (χ0v) is 10.4. The first kappa shape index (κ1) is 11.2. The van der Waals surface area contributed by atoms with Crippen LogP contribution in [0.15, 0.2) is 30.3 Å². The van der Waals surface area contributed by atoms with Crippen LogP contribution in [0, 0.1) is 5.92 Å². The second-order valence-electron chi connectivity index (χ2n) is 5.42. The van der Waals surface area contributed by atoms with Crippen LogP contribution in [-0.2, 0) is 6.54 Å². The molecule has 1 heterocycles. The molecule has 1 aliphatic carbocycles.